The Morgan fingerprint density at radius 3 is 2.44 bits per heavy atom. The Bertz CT molecular complexity index is 1450. The first-order valence-electron chi connectivity index (χ1n) is 11.8. The van der Waals surface area contributed by atoms with Crippen molar-refractivity contribution in [1.29, 1.82) is 0 Å². The van der Waals surface area contributed by atoms with Gasteiger partial charge in [0.05, 0.1) is 13.7 Å². The van der Waals surface area contributed by atoms with E-state index in [0.717, 1.165) is 5.56 Å². The summed E-state index contributed by atoms with van der Waals surface area (Å²) in [7, 11) is 1.43. The molecular formula is C28H24N2O9. The molecule has 0 saturated heterocycles. The molecule has 4 rings (SSSR count). The van der Waals surface area contributed by atoms with Gasteiger partial charge in [-0.2, -0.15) is 0 Å². The van der Waals surface area contributed by atoms with Crippen LogP contribution in [0, 0.1) is 5.21 Å². The van der Waals surface area contributed by atoms with Gasteiger partial charge in [-0.25, -0.2) is 9.59 Å². The van der Waals surface area contributed by atoms with E-state index in [1.165, 1.54) is 25.3 Å². The first-order valence-corrected chi connectivity index (χ1v) is 11.8. The number of hydrogen-bond acceptors (Lipinski definition) is 10. The minimum Gasteiger partial charge on any atom is -0.493 e. The molecule has 0 radical (unpaired) electrons. The summed E-state index contributed by atoms with van der Waals surface area (Å²) in [5, 5.41) is 15.8. The summed E-state index contributed by atoms with van der Waals surface area (Å²) in [6.45, 7) is 1.77. The van der Waals surface area contributed by atoms with Crippen molar-refractivity contribution < 1.29 is 42.8 Å². The number of esters is 1. The Labute approximate surface area is 223 Å². The molecule has 0 saturated carbocycles. The molecule has 11 nitrogen and oxygen atoms in total. The molecule has 0 amide bonds. The smallest absolute Gasteiger partial charge is 0.493 e. The second-order valence-corrected chi connectivity index (χ2v) is 7.80. The van der Waals surface area contributed by atoms with Gasteiger partial charge >= 0.3 is 12.1 Å². The third-order valence-electron chi connectivity index (χ3n) is 5.22. The molecule has 0 aliphatic heterocycles. The van der Waals surface area contributed by atoms with E-state index in [9.17, 15) is 14.8 Å². The minimum absolute atomic E-state index is 0.0772. The van der Waals surface area contributed by atoms with Crippen molar-refractivity contribution in [2.75, 3.05) is 13.7 Å². The fourth-order valence-corrected chi connectivity index (χ4v) is 3.38. The number of rotatable bonds is 10. The molecule has 0 spiro atoms. The van der Waals surface area contributed by atoms with Crippen LogP contribution in [0.1, 0.15) is 18.2 Å². The van der Waals surface area contributed by atoms with E-state index in [4.69, 9.17) is 28.3 Å². The highest BCUT2D eigenvalue weighted by Crippen LogP contribution is 2.29. The molecule has 0 atom stereocenters. The molecule has 0 bridgehead atoms. The van der Waals surface area contributed by atoms with Gasteiger partial charge in [0, 0.05) is 16.8 Å². The Morgan fingerprint density at radius 1 is 0.974 bits per heavy atom. The molecule has 1 heterocycles. The SMILES string of the molecule is CCOC(=O)Oc1ccc(/C=C/C(=O)Oc2ccc(OCc3c(-c4ccccc4)no[n+]3[O-])cc2)cc1OC. The number of nitrogens with zero attached hydrogens (tertiary/aromatic N) is 2. The van der Waals surface area contributed by atoms with Gasteiger partial charge in [0.15, 0.2) is 18.1 Å². The third kappa shape index (κ3) is 7.13. The molecule has 0 fully saturated rings. The molecule has 0 unspecified atom stereocenters. The van der Waals surface area contributed by atoms with Gasteiger partial charge in [0.25, 0.3) is 5.69 Å². The average Bonchev–Trinajstić information content (AvgIpc) is 3.32. The van der Waals surface area contributed by atoms with Crippen LogP contribution in [0.25, 0.3) is 17.3 Å². The van der Waals surface area contributed by atoms with Gasteiger partial charge in [-0.05, 0) is 59.9 Å². The van der Waals surface area contributed by atoms with Gasteiger partial charge < -0.3 is 28.9 Å². The van der Waals surface area contributed by atoms with Crippen LogP contribution in [0.5, 0.6) is 23.0 Å². The lowest BCUT2D eigenvalue weighted by molar-refractivity contribution is -0.808. The zero-order chi connectivity index (χ0) is 27.6. The van der Waals surface area contributed by atoms with Gasteiger partial charge in [-0.15, -0.1) is 0 Å². The predicted molar refractivity (Wildman–Crippen MR) is 137 cm³/mol. The summed E-state index contributed by atoms with van der Waals surface area (Å²) < 4.78 is 30.8. The highest BCUT2D eigenvalue weighted by molar-refractivity contribution is 5.88. The summed E-state index contributed by atoms with van der Waals surface area (Å²) in [4.78, 5) is 24.1. The van der Waals surface area contributed by atoms with Crippen molar-refractivity contribution >= 4 is 18.2 Å². The average molecular weight is 533 g/mol. The molecule has 0 N–H and O–H groups in total. The van der Waals surface area contributed by atoms with Crippen molar-refractivity contribution in [1.82, 2.24) is 5.16 Å². The van der Waals surface area contributed by atoms with Crippen molar-refractivity contribution in [3.05, 3.63) is 95.3 Å². The summed E-state index contributed by atoms with van der Waals surface area (Å²) >= 11 is 0. The summed E-state index contributed by atoms with van der Waals surface area (Å²) in [5.74, 6) is 0.602. The molecule has 11 heteroatoms. The molecule has 200 valence electrons. The van der Waals surface area contributed by atoms with E-state index in [1.54, 1.807) is 43.3 Å². The van der Waals surface area contributed by atoms with Crippen molar-refractivity contribution in [2.24, 2.45) is 0 Å². The van der Waals surface area contributed by atoms with Gasteiger partial charge in [0.1, 0.15) is 11.5 Å². The van der Waals surface area contributed by atoms with Crippen molar-refractivity contribution in [3.8, 4) is 34.3 Å². The van der Waals surface area contributed by atoms with Crippen LogP contribution in [0.2, 0.25) is 0 Å². The number of carbonyl (C=O) groups is 2. The Balaban J connectivity index is 1.33. The third-order valence-corrected chi connectivity index (χ3v) is 5.22. The molecule has 3 aromatic carbocycles. The molecule has 0 aliphatic rings. The van der Waals surface area contributed by atoms with E-state index in [2.05, 4.69) is 5.16 Å². The van der Waals surface area contributed by atoms with Crippen LogP contribution in [0.4, 0.5) is 4.79 Å². The number of benzene rings is 3. The highest BCUT2D eigenvalue weighted by Gasteiger charge is 2.21. The maximum absolute atomic E-state index is 12.3. The normalized spacial score (nSPS) is 10.7. The lowest BCUT2D eigenvalue weighted by Gasteiger charge is -2.09. The largest absolute Gasteiger partial charge is 0.513 e. The maximum Gasteiger partial charge on any atom is 0.513 e. The van der Waals surface area contributed by atoms with Gasteiger partial charge in [-0.1, -0.05) is 36.4 Å². The molecule has 0 aliphatic carbocycles. The maximum atomic E-state index is 12.3. The number of carbonyl (C=O) groups excluding carboxylic acids is 2. The van der Waals surface area contributed by atoms with Crippen LogP contribution in [-0.4, -0.2) is 31.0 Å². The molecular weight excluding hydrogens is 508 g/mol. The topological polar surface area (TPSA) is 133 Å². The molecule has 1 aromatic heterocycles. The quantitative estimate of drug-likeness (QED) is 0.0929. The first-order chi connectivity index (χ1) is 19.0. The fourth-order valence-electron chi connectivity index (χ4n) is 3.38. The van der Waals surface area contributed by atoms with Crippen LogP contribution >= 0.6 is 0 Å². The number of methoxy groups -OCH3 is 1. The van der Waals surface area contributed by atoms with Gasteiger partial charge in [-0.3, -0.25) is 4.63 Å². The summed E-state index contributed by atoms with van der Waals surface area (Å²) in [5.41, 5.74) is 1.95. The van der Waals surface area contributed by atoms with Crippen LogP contribution < -0.4 is 23.9 Å². The fraction of sp³-hybridized carbons (Fsp3) is 0.143. The van der Waals surface area contributed by atoms with E-state index < -0.39 is 12.1 Å². The standard InChI is InChI=1S/C28H24N2O9/c1-3-35-28(32)38-24-15-9-19(17-25(24)34-2)10-16-26(31)37-22-13-11-21(12-14-22)36-18-23-27(29-39-30(23)33)20-7-5-4-6-8-20/h4-17H,3,18H2,1-2H3/b16-10+. The summed E-state index contributed by atoms with van der Waals surface area (Å²) in [6, 6.07) is 20.2. The van der Waals surface area contributed by atoms with Crippen molar-refractivity contribution in [2.45, 2.75) is 13.5 Å². The van der Waals surface area contributed by atoms with E-state index in [0.29, 0.717) is 33.4 Å². The van der Waals surface area contributed by atoms with E-state index >= 15 is 0 Å². The zero-order valence-electron chi connectivity index (χ0n) is 21.1. The summed E-state index contributed by atoms with van der Waals surface area (Å²) in [6.07, 6.45) is 1.93. The van der Waals surface area contributed by atoms with Crippen LogP contribution in [0.15, 0.2) is 83.5 Å². The number of hydrogen-bond donors (Lipinski definition) is 0. The highest BCUT2D eigenvalue weighted by atomic mass is 16.8. The van der Waals surface area contributed by atoms with Crippen LogP contribution in [0.3, 0.4) is 0 Å². The Kier molecular flexibility index (Phi) is 8.75. The first kappa shape index (κ1) is 26.7. The minimum atomic E-state index is -0.844. The molecule has 4 aromatic rings. The van der Waals surface area contributed by atoms with Gasteiger partial charge in [0.2, 0.25) is 5.69 Å². The van der Waals surface area contributed by atoms with E-state index in [1.807, 2.05) is 30.3 Å². The Hall–Kier alpha value is -5.32. The number of ether oxygens (including phenoxy) is 5. The van der Waals surface area contributed by atoms with Crippen LogP contribution in [-0.2, 0) is 16.1 Å². The lowest BCUT2D eigenvalue weighted by Crippen LogP contribution is -2.29. The molecule has 39 heavy (non-hydrogen) atoms. The Morgan fingerprint density at radius 2 is 1.72 bits per heavy atom. The van der Waals surface area contributed by atoms with Crippen molar-refractivity contribution in [3.63, 3.8) is 0 Å². The monoisotopic (exact) mass is 532 g/mol. The zero-order valence-corrected chi connectivity index (χ0v) is 21.1. The lowest BCUT2D eigenvalue weighted by atomic mass is 10.1. The predicted octanol–water partition coefficient (Wildman–Crippen LogP) is 4.72. The second kappa shape index (κ2) is 12.8. The van der Waals surface area contributed by atoms with E-state index in [-0.39, 0.29) is 24.7 Å². The second-order valence-electron chi connectivity index (χ2n) is 7.80. The number of aromatic nitrogens is 2.